The molecule has 0 aliphatic carbocycles. The zero-order valence-corrected chi connectivity index (χ0v) is 12.2. The molecule has 0 saturated carbocycles. The van der Waals surface area contributed by atoms with Gasteiger partial charge in [0.05, 0.1) is 22.2 Å². The Morgan fingerprint density at radius 2 is 1.70 bits per heavy atom. The molecule has 0 atom stereocenters. The maximum absolute atomic E-state index is 13.6. The van der Waals surface area contributed by atoms with Crippen LogP contribution in [0.15, 0.2) is 12.1 Å². The van der Waals surface area contributed by atoms with E-state index in [0.29, 0.717) is 11.0 Å². The summed E-state index contributed by atoms with van der Waals surface area (Å²) < 4.78 is 25.2. The summed E-state index contributed by atoms with van der Waals surface area (Å²) >= 11 is 0. The van der Waals surface area contributed by atoms with E-state index >= 15 is 0 Å². The summed E-state index contributed by atoms with van der Waals surface area (Å²) in [5, 5.41) is 11.0. The van der Waals surface area contributed by atoms with Crippen LogP contribution in [0.4, 0.5) is 10.1 Å². The van der Waals surface area contributed by atoms with Crippen molar-refractivity contribution in [2.75, 3.05) is 0 Å². The third-order valence-electron chi connectivity index (χ3n) is 4.09. The average Bonchev–Trinajstić information content (AvgIpc) is 2.50. The molecular formula is C13H17BFNO4. The fourth-order valence-corrected chi connectivity index (χ4v) is 2.09. The lowest BCUT2D eigenvalue weighted by Gasteiger charge is -2.32. The molecule has 1 aromatic carbocycles. The van der Waals surface area contributed by atoms with Crippen molar-refractivity contribution in [2.24, 2.45) is 0 Å². The molecule has 1 fully saturated rings. The second-order valence-corrected chi connectivity index (χ2v) is 5.98. The first-order chi connectivity index (χ1) is 9.05. The molecule has 0 aromatic heterocycles. The minimum absolute atomic E-state index is 0.269. The van der Waals surface area contributed by atoms with Crippen molar-refractivity contribution in [1.29, 1.82) is 0 Å². The van der Waals surface area contributed by atoms with E-state index in [0.717, 1.165) is 6.07 Å². The Kier molecular flexibility index (Phi) is 3.38. The largest absolute Gasteiger partial charge is 0.495 e. The molecule has 0 N–H and O–H groups in total. The molecule has 20 heavy (non-hydrogen) atoms. The van der Waals surface area contributed by atoms with Gasteiger partial charge in [0.2, 0.25) is 0 Å². The van der Waals surface area contributed by atoms with Crippen molar-refractivity contribution in [3.05, 3.63) is 33.6 Å². The molecule has 108 valence electrons. The molecule has 1 aromatic rings. The topological polar surface area (TPSA) is 61.6 Å². The van der Waals surface area contributed by atoms with Gasteiger partial charge in [-0.3, -0.25) is 10.1 Å². The van der Waals surface area contributed by atoms with E-state index in [9.17, 15) is 14.5 Å². The van der Waals surface area contributed by atoms with Gasteiger partial charge in [-0.25, -0.2) is 4.39 Å². The zero-order valence-electron chi connectivity index (χ0n) is 12.2. The molecule has 2 rings (SSSR count). The standard InChI is InChI=1S/C13H17BFNO4/c1-8-10(6-9(15)7-11(8)16(17)18)14-19-12(2,3)13(4,5)20-14/h6-7H,1-5H3. The summed E-state index contributed by atoms with van der Waals surface area (Å²) in [4.78, 5) is 10.3. The van der Waals surface area contributed by atoms with Crippen molar-refractivity contribution in [2.45, 2.75) is 45.8 Å². The minimum Gasteiger partial charge on any atom is -0.399 e. The van der Waals surface area contributed by atoms with Crippen molar-refractivity contribution in [3.8, 4) is 0 Å². The van der Waals surface area contributed by atoms with Gasteiger partial charge in [0.25, 0.3) is 5.69 Å². The molecule has 0 radical (unpaired) electrons. The minimum atomic E-state index is -0.811. The van der Waals surface area contributed by atoms with Crippen molar-refractivity contribution >= 4 is 18.3 Å². The van der Waals surface area contributed by atoms with Gasteiger partial charge in [0.15, 0.2) is 0 Å². The van der Waals surface area contributed by atoms with E-state index in [-0.39, 0.29) is 5.69 Å². The van der Waals surface area contributed by atoms with E-state index in [4.69, 9.17) is 9.31 Å². The molecule has 0 bridgehead atoms. The van der Waals surface area contributed by atoms with Crippen LogP contribution in [-0.4, -0.2) is 23.2 Å². The van der Waals surface area contributed by atoms with Gasteiger partial charge < -0.3 is 9.31 Å². The number of nitro benzene ring substituents is 1. The van der Waals surface area contributed by atoms with Gasteiger partial charge in [-0.05, 0) is 46.1 Å². The maximum atomic E-state index is 13.6. The molecule has 0 spiro atoms. The fourth-order valence-electron chi connectivity index (χ4n) is 2.09. The van der Waals surface area contributed by atoms with Gasteiger partial charge in [-0.15, -0.1) is 0 Å². The molecule has 1 aliphatic rings. The van der Waals surface area contributed by atoms with Crippen LogP contribution in [-0.2, 0) is 9.31 Å². The highest BCUT2D eigenvalue weighted by Crippen LogP contribution is 2.37. The zero-order chi connectivity index (χ0) is 15.3. The third-order valence-corrected chi connectivity index (χ3v) is 4.09. The smallest absolute Gasteiger partial charge is 0.399 e. The maximum Gasteiger partial charge on any atom is 0.495 e. The highest BCUT2D eigenvalue weighted by Gasteiger charge is 2.52. The first-order valence-corrected chi connectivity index (χ1v) is 6.35. The van der Waals surface area contributed by atoms with E-state index < -0.39 is 29.1 Å². The normalized spacial score (nSPS) is 20.2. The van der Waals surface area contributed by atoms with Crippen LogP contribution in [0, 0.1) is 22.9 Å². The molecule has 0 amide bonds. The van der Waals surface area contributed by atoms with E-state index in [1.54, 1.807) is 6.92 Å². The third kappa shape index (κ3) is 2.31. The molecule has 1 heterocycles. The quantitative estimate of drug-likeness (QED) is 0.474. The van der Waals surface area contributed by atoms with Crippen molar-refractivity contribution in [3.63, 3.8) is 0 Å². The highest BCUT2D eigenvalue weighted by atomic mass is 19.1. The Labute approximate surface area is 117 Å². The summed E-state index contributed by atoms with van der Waals surface area (Å²) in [5.41, 5.74) is -0.712. The van der Waals surface area contributed by atoms with Crippen LogP contribution in [0.5, 0.6) is 0 Å². The van der Waals surface area contributed by atoms with Crippen molar-refractivity contribution in [1.82, 2.24) is 0 Å². The number of hydrogen-bond donors (Lipinski definition) is 0. The monoisotopic (exact) mass is 281 g/mol. The van der Waals surface area contributed by atoms with Gasteiger partial charge >= 0.3 is 7.12 Å². The lowest BCUT2D eigenvalue weighted by molar-refractivity contribution is -0.385. The van der Waals surface area contributed by atoms with Crippen LogP contribution in [0.25, 0.3) is 0 Å². The van der Waals surface area contributed by atoms with Crippen LogP contribution < -0.4 is 5.46 Å². The predicted molar refractivity (Wildman–Crippen MR) is 73.5 cm³/mol. The highest BCUT2D eigenvalue weighted by molar-refractivity contribution is 6.62. The Morgan fingerprint density at radius 1 is 1.20 bits per heavy atom. The molecule has 1 saturated heterocycles. The lowest BCUT2D eigenvalue weighted by Crippen LogP contribution is -2.41. The van der Waals surface area contributed by atoms with Gasteiger partial charge in [0.1, 0.15) is 5.82 Å². The Balaban J connectivity index is 2.48. The lowest BCUT2D eigenvalue weighted by atomic mass is 9.75. The molecule has 0 unspecified atom stereocenters. The number of benzene rings is 1. The predicted octanol–water partition coefficient (Wildman–Crippen LogP) is 2.34. The summed E-state index contributed by atoms with van der Waals surface area (Å²) in [6, 6.07) is 2.13. The summed E-state index contributed by atoms with van der Waals surface area (Å²) in [5.74, 6) is -0.674. The number of nitro groups is 1. The molecular weight excluding hydrogens is 264 g/mol. The SMILES string of the molecule is Cc1c(B2OC(C)(C)C(C)(C)O2)cc(F)cc1[N+](=O)[O-]. The van der Waals surface area contributed by atoms with Crippen LogP contribution in [0.3, 0.4) is 0 Å². The van der Waals surface area contributed by atoms with Crippen LogP contribution in [0.1, 0.15) is 33.3 Å². The Hall–Kier alpha value is -1.47. The summed E-state index contributed by atoms with van der Waals surface area (Å²) in [7, 11) is -0.811. The van der Waals surface area contributed by atoms with Crippen molar-refractivity contribution < 1.29 is 18.6 Å². The average molecular weight is 281 g/mol. The summed E-state index contributed by atoms with van der Waals surface area (Å²) in [6.45, 7) is 9.05. The Bertz CT molecular complexity index is 558. The summed E-state index contributed by atoms with van der Waals surface area (Å²) in [6.07, 6.45) is 0. The molecule has 7 heteroatoms. The van der Waals surface area contributed by atoms with E-state index in [2.05, 4.69) is 0 Å². The first-order valence-electron chi connectivity index (χ1n) is 6.35. The van der Waals surface area contributed by atoms with Crippen LogP contribution in [0.2, 0.25) is 0 Å². The number of halogens is 1. The Morgan fingerprint density at radius 3 is 2.15 bits per heavy atom. The van der Waals surface area contributed by atoms with E-state index in [1.807, 2.05) is 27.7 Å². The first kappa shape index (κ1) is 14.9. The van der Waals surface area contributed by atoms with Crippen LogP contribution >= 0.6 is 0 Å². The number of nitrogens with zero attached hydrogens (tertiary/aromatic N) is 1. The van der Waals surface area contributed by atoms with Gasteiger partial charge in [-0.1, -0.05) is 0 Å². The second kappa shape index (κ2) is 4.53. The van der Waals surface area contributed by atoms with Gasteiger partial charge in [0, 0.05) is 5.56 Å². The molecule has 1 aliphatic heterocycles. The molecule has 5 nitrogen and oxygen atoms in total. The fraction of sp³-hybridized carbons (Fsp3) is 0.538. The number of hydrogen-bond acceptors (Lipinski definition) is 4. The second-order valence-electron chi connectivity index (χ2n) is 5.98. The number of rotatable bonds is 2. The van der Waals surface area contributed by atoms with Gasteiger partial charge in [-0.2, -0.15) is 0 Å². The van der Waals surface area contributed by atoms with E-state index in [1.165, 1.54) is 6.07 Å².